The van der Waals surface area contributed by atoms with Gasteiger partial charge in [-0.3, -0.25) is 0 Å². The van der Waals surface area contributed by atoms with E-state index >= 15 is 0 Å². The second kappa shape index (κ2) is 7.92. The number of methoxy groups -OCH3 is 1. The van der Waals surface area contributed by atoms with Crippen LogP contribution in [0, 0.1) is 11.8 Å². The predicted molar refractivity (Wildman–Crippen MR) is 67.2 cm³/mol. The van der Waals surface area contributed by atoms with Gasteiger partial charge in [-0.1, -0.05) is 24.0 Å². The fourth-order valence-corrected chi connectivity index (χ4v) is 1.43. The van der Waals surface area contributed by atoms with E-state index in [1.807, 2.05) is 12.1 Å². The van der Waals surface area contributed by atoms with Gasteiger partial charge in [-0.15, -0.1) is 0 Å². The van der Waals surface area contributed by atoms with Crippen LogP contribution in [0.3, 0.4) is 0 Å². The summed E-state index contributed by atoms with van der Waals surface area (Å²) in [7, 11) is 1.69. The average Bonchev–Trinajstić information content (AvgIpc) is 2.33. The summed E-state index contributed by atoms with van der Waals surface area (Å²) in [5.41, 5.74) is 7.87. The number of ether oxygens (including phenoxy) is 1. The first-order valence-corrected chi connectivity index (χ1v) is 5.63. The highest BCUT2D eigenvalue weighted by Crippen LogP contribution is 2.06. The first-order valence-electron chi connectivity index (χ1n) is 5.63. The van der Waals surface area contributed by atoms with Gasteiger partial charge in [-0.25, -0.2) is 0 Å². The van der Waals surface area contributed by atoms with Crippen LogP contribution in [0.25, 0.3) is 0 Å². The van der Waals surface area contributed by atoms with Crippen LogP contribution in [0.15, 0.2) is 24.3 Å². The number of hydrogen-bond acceptors (Lipinski definition) is 2. The quantitative estimate of drug-likeness (QED) is 0.604. The average molecular weight is 217 g/mol. The van der Waals surface area contributed by atoms with Crippen molar-refractivity contribution in [2.75, 3.05) is 20.3 Å². The lowest BCUT2D eigenvalue weighted by Gasteiger charge is -1.99. The molecule has 0 saturated heterocycles. The van der Waals surface area contributed by atoms with Gasteiger partial charge in [0.1, 0.15) is 0 Å². The van der Waals surface area contributed by atoms with E-state index in [0.717, 1.165) is 31.4 Å². The molecule has 0 heterocycles. The van der Waals surface area contributed by atoms with Crippen LogP contribution in [0.1, 0.15) is 24.0 Å². The van der Waals surface area contributed by atoms with Crippen molar-refractivity contribution < 1.29 is 4.74 Å². The van der Waals surface area contributed by atoms with Crippen molar-refractivity contribution in [2.45, 2.75) is 19.3 Å². The lowest BCUT2D eigenvalue weighted by atomic mass is 10.1. The molecular weight excluding hydrogens is 198 g/mol. The van der Waals surface area contributed by atoms with E-state index in [9.17, 15) is 0 Å². The smallest absolute Gasteiger partial charge is 0.0571 e. The maximum Gasteiger partial charge on any atom is 0.0571 e. The molecule has 16 heavy (non-hydrogen) atoms. The summed E-state index contributed by atoms with van der Waals surface area (Å²) in [6, 6.07) is 8.34. The molecule has 2 heteroatoms. The molecule has 0 fully saturated rings. The van der Waals surface area contributed by atoms with Crippen LogP contribution in [-0.2, 0) is 11.2 Å². The van der Waals surface area contributed by atoms with E-state index in [1.54, 1.807) is 7.11 Å². The third-order valence-electron chi connectivity index (χ3n) is 2.26. The van der Waals surface area contributed by atoms with E-state index in [4.69, 9.17) is 10.5 Å². The number of hydrogen-bond donors (Lipinski definition) is 1. The van der Waals surface area contributed by atoms with E-state index in [0.29, 0.717) is 6.61 Å². The van der Waals surface area contributed by atoms with E-state index in [2.05, 4.69) is 24.0 Å². The molecule has 0 unspecified atom stereocenters. The highest BCUT2D eigenvalue weighted by Gasteiger charge is 1.93. The standard InChI is InChI=1S/C14H19NO/c1-16-11-3-2-6-13-7-4-8-14(12-13)9-5-10-15/h4,7-8,12H,3,5,9-11,15H2,1H3. The van der Waals surface area contributed by atoms with E-state index < -0.39 is 0 Å². The summed E-state index contributed by atoms with van der Waals surface area (Å²) in [6.45, 7) is 1.43. The van der Waals surface area contributed by atoms with Gasteiger partial charge in [0.25, 0.3) is 0 Å². The third-order valence-corrected chi connectivity index (χ3v) is 2.26. The van der Waals surface area contributed by atoms with Crippen LogP contribution in [-0.4, -0.2) is 20.3 Å². The van der Waals surface area contributed by atoms with Crippen molar-refractivity contribution in [3.63, 3.8) is 0 Å². The number of benzene rings is 1. The number of aryl methyl sites for hydroxylation is 1. The van der Waals surface area contributed by atoms with E-state index in [-0.39, 0.29) is 0 Å². The summed E-state index contributed by atoms with van der Waals surface area (Å²) in [5.74, 6) is 6.22. The summed E-state index contributed by atoms with van der Waals surface area (Å²) < 4.78 is 4.94. The van der Waals surface area contributed by atoms with Gasteiger partial charge in [-0.05, 0) is 37.1 Å². The van der Waals surface area contributed by atoms with Gasteiger partial charge in [-0.2, -0.15) is 0 Å². The Balaban J connectivity index is 2.55. The Morgan fingerprint density at radius 2 is 2.25 bits per heavy atom. The highest BCUT2D eigenvalue weighted by molar-refractivity contribution is 5.37. The summed E-state index contributed by atoms with van der Waals surface area (Å²) in [6.07, 6.45) is 2.84. The Labute approximate surface area is 97.8 Å². The molecule has 0 saturated carbocycles. The molecule has 0 bridgehead atoms. The Morgan fingerprint density at radius 3 is 3.00 bits per heavy atom. The van der Waals surface area contributed by atoms with Crippen LogP contribution in [0.5, 0.6) is 0 Å². The minimum atomic E-state index is 0.694. The first kappa shape index (κ1) is 12.8. The molecule has 0 amide bonds. The molecule has 0 aliphatic heterocycles. The van der Waals surface area contributed by atoms with Gasteiger partial charge in [0.15, 0.2) is 0 Å². The molecule has 0 spiro atoms. The van der Waals surface area contributed by atoms with Crippen molar-refractivity contribution in [2.24, 2.45) is 5.73 Å². The van der Waals surface area contributed by atoms with Crippen molar-refractivity contribution in [3.8, 4) is 11.8 Å². The van der Waals surface area contributed by atoms with Gasteiger partial charge >= 0.3 is 0 Å². The number of nitrogens with two attached hydrogens (primary N) is 1. The van der Waals surface area contributed by atoms with Gasteiger partial charge < -0.3 is 10.5 Å². The Kier molecular flexibility index (Phi) is 6.32. The zero-order valence-electron chi connectivity index (χ0n) is 9.83. The van der Waals surface area contributed by atoms with Crippen LogP contribution in [0.4, 0.5) is 0 Å². The first-order chi connectivity index (χ1) is 7.86. The molecule has 0 aromatic heterocycles. The third kappa shape index (κ3) is 4.97. The van der Waals surface area contributed by atoms with Crippen molar-refractivity contribution in [1.82, 2.24) is 0 Å². The maximum absolute atomic E-state index is 5.49. The van der Waals surface area contributed by atoms with Crippen molar-refractivity contribution in [3.05, 3.63) is 35.4 Å². The Hall–Kier alpha value is -1.30. The van der Waals surface area contributed by atoms with Crippen LogP contribution < -0.4 is 5.73 Å². The molecule has 2 N–H and O–H groups in total. The summed E-state index contributed by atoms with van der Waals surface area (Å²) >= 11 is 0. The van der Waals surface area contributed by atoms with Gasteiger partial charge in [0.2, 0.25) is 0 Å². The minimum absolute atomic E-state index is 0.694. The zero-order valence-corrected chi connectivity index (χ0v) is 9.83. The Bertz CT molecular complexity index is 362. The molecule has 1 rings (SSSR count). The van der Waals surface area contributed by atoms with Gasteiger partial charge in [0, 0.05) is 19.1 Å². The molecule has 86 valence electrons. The summed E-state index contributed by atoms with van der Waals surface area (Å²) in [5, 5.41) is 0. The molecule has 1 aromatic rings. The van der Waals surface area contributed by atoms with Crippen LogP contribution >= 0.6 is 0 Å². The predicted octanol–water partition coefficient (Wildman–Crippen LogP) is 1.97. The largest absolute Gasteiger partial charge is 0.384 e. The second-order valence-corrected chi connectivity index (χ2v) is 3.64. The monoisotopic (exact) mass is 217 g/mol. The molecule has 1 aromatic carbocycles. The molecule has 0 aliphatic carbocycles. The normalized spacial score (nSPS) is 9.62. The Morgan fingerprint density at radius 1 is 1.38 bits per heavy atom. The highest BCUT2D eigenvalue weighted by atomic mass is 16.5. The van der Waals surface area contributed by atoms with E-state index in [1.165, 1.54) is 5.56 Å². The van der Waals surface area contributed by atoms with Crippen molar-refractivity contribution >= 4 is 0 Å². The lowest BCUT2D eigenvalue weighted by molar-refractivity contribution is 0.206. The van der Waals surface area contributed by atoms with Crippen LogP contribution in [0.2, 0.25) is 0 Å². The molecule has 2 nitrogen and oxygen atoms in total. The molecule has 0 aliphatic rings. The maximum atomic E-state index is 5.49. The zero-order chi connectivity index (χ0) is 11.6. The minimum Gasteiger partial charge on any atom is -0.384 e. The lowest BCUT2D eigenvalue weighted by Crippen LogP contribution is -2.00. The van der Waals surface area contributed by atoms with Gasteiger partial charge in [0.05, 0.1) is 6.61 Å². The topological polar surface area (TPSA) is 35.2 Å². The molecular formula is C14H19NO. The molecule has 0 radical (unpaired) electrons. The second-order valence-electron chi connectivity index (χ2n) is 3.64. The molecule has 0 atom stereocenters. The number of rotatable bonds is 5. The van der Waals surface area contributed by atoms with Crippen molar-refractivity contribution in [1.29, 1.82) is 0 Å². The SMILES string of the molecule is COCCC#Cc1cccc(CCCN)c1. The fourth-order valence-electron chi connectivity index (χ4n) is 1.43. The fraction of sp³-hybridized carbons (Fsp3) is 0.429. The summed E-state index contributed by atoms with van der Waals surface area (Å²) in [4.78, 5) is 0.